The minimum absolute atomic E-state index is 0.400. The van der Waals surface area contributed by atoms with Crippen molar-refractivity contribution in [2.24, 2.45) is 5.41 Å². The third kappa shape index (κ3) is 2.76. The topological polar surface area (TPSA) is 34.1 Å². The maximum atomic E-state index is 11.7. The predicted molar refractivity (Wildman–Crippen MR) is 101 cm³/mol. The van der Waals surface area contributed by atoms with Crippen LogP contribution in [0.1, 0.15) is 48.1 Å². The number of sulfone groups is 1. The second-order valence-electron chi connectivity index (χ2n) is 7.45. The summed E-state index contributed by atoms with van der Waals surface area (Å²) < 4.78 is 23.4. The monoisotopic (exact) mass is 358 g/mol. The van der Waals surface area contributed by atoms with Crippen LogP contribution in [0.2, 0.25) is 0 Å². The van der Waals surface area contributed by atoms with Crippen molar-refractivity contribution in [1.29, 1.82) is 0 Å². The fourth-order valence-corrected chi connectivity index (χ4v) is 5.66. The summed E-state index contributed by atoms with van der Waals surface area (Å²) in [6, 6.07) is 9.78. The molecule has 24 heavy (non-hydrogen) atoms. The maximum Gasteiger partial charge on any atom is 0.175 e. The molecular weight excluding hydrogens is 336 g/mol. The molecule has 2 aromatic rings. The van der Waals surface area contributed by atoms with Gasteiger partial charge in [-0.2, -0.15) is 0 Å². The predicted octanol–water partition coefficient (Wildman–Crippen LogP) is 5.33. The highest BCUT2D eigenvalue weighted by atomic mass is 32.2. The van der Waals surface area contributed by atoms with Crippen molar-refractivity contribution in [3.63, 3.8) is 0 Å². The molecule has 2 aliphatic rings. The number of thiophene rings is 1. The van der Waals surface area contributed by atoms with Gasteiger partial charge in [-0.25, -0.2) is 8.42 Å². The Morgan fingerprint density at radius 2 is 1.71 bits per heavy atom. The summed E-state index contributed by atoms with van der Waals surface area (Å²) in [5.74, 6) is 0. The summed E-state index contributed by atoms with van der Waals surface area (Å²) in [6.45, 7) is 2.15. The summed E-state index contributed by atoms with van der Waals surface area (Å²) in [5.41, 5.74) is 5.89. The zero-order chi connectivity index (χ0) is 16.9. The fourth-order valence-electron chi connectivity index (χ4n) is 4.06. The van der Waals surface area contributed by atoms with Gasteiger partial charge in [-0.05, 0) is 83.9 Å². The average molecular weight is 359 g/mol. The molecule has 1 heterocycles. The summed E-state index contributed by atoms with van der Waals surface area (Å²) in [6.07, 6.45) is 7.57. The molecular formula is C20H22O2S2. The first-order valence-corrected chi connectivity index (χ1v) is 11.2. The van der Waals surface area contributed by atoms with E-state index in [9.17, 15) is 8.42 Å². The SMILES string of the molecule is Cc1csc(C2=C(c3ccc(S(C)(=O)=O)cc3)CC3(CCC3)C2)c1. The number of rotatable bonds is 3. The Balaban J connectivity index is 1.77. The van der Waals surface area contributed by atoms with E-state index in [-0.39, 0.29) is 0 Å². The lowest BCUT2D eigenvalue weighted by Gasteiger charge is -2.39. The molecule has 0 saturated heterocycles. The standard InChI is InChI=1S/C20H22O2S2/c1-14-10-19(23-13-14)18-12-20(8-3-9-20)11-17(18)15-4-6-16(7-5-15)24(2,21)22/h4-7,10,13H,3,8-9,11-12H2,1-2H3. The number of allylic oxidation sites excluding steroid dienone is 2. The molecule has 0 atom stereocenters. The van der Waals surface area contributed by atoms with Crippen LogP contribution < -0.4 is 0 Å². The molecule has 1 spiro atoms. The molecule has 1 aromatic carbocycles. The highest BCUT2D eigenvalue weighted by Crippen LogP contribution is 2.60. The third-order valence-electron chi connectivity index (χ3n) is 5.54. The molecule has 4 rings (SSSR count). The van der Waals surface area contributed by atoms with E-state index in [0.29, 0.717) is 10.3 Å². The molecule has 0 aliphatic heterocycles. The van der Waals surface area contributed by atoms with E-state index in [1.165, 1.54) is 59.1 Å². The smallest absolute Gasteiger partial charge is 0.175 e. The first-order valence-electron chi connectivity index (χ1n) is 8.44. The van der Waals surface area contributed by atoms with Crippen molar-refractivity contribution in [3.8, 4) is 0 Å². The zero-order valence-corrected chi connectivity index (χ0v) is 15.8. The fraction of sp³-hybridized carbons (Fsp3) is 0.400. The Morgan fingerprint density at radius 3 is 2.21 bits per heavy atom. The summed E-state index contributed by atoms with van der Waals surface area (Å²) in [4.78, 5) is 1.79. The lowest BCUT2D eigenvalue weighted by molar-refractivity contribution is 0.157. The second-order valence-corrected chi connectivity index (χ2v) is 10.4. The number of hydrogen-bond acceptors (Lipinski definition) is 3. The Morgan fingerprint density at radius 1 is 1.04 bits per heavy atom. The lowest BCUT2D eigenvalue weighted by atomic mass is 9.66. The highest BCUT2D eigenvalue weighted by Gasteiger charge is 2.43. The van der Waals surface area contributed by atoms with Crippen LogP contribution in [-0.4, -0.2) is 14.7 Å². The molecule has 2 nitrogen and oxygen atoms in total. The summed E-state index contributed by atoms with van der Waals surface area (Å²) >= 11 is 1.83. The Labute approximate surface area is 148 Å². The van der Waals surface area contributed by atoms with Crippen LogP contribution in [0.4, 0.5) is 0 Å². The van der Waals surface area contributed by atoms with Crippen molar-refractivity contribution < 1.29 is 8.42 Å². The molecule has 2 aliphatic carbocycles. The van der Waals surface area contributed by atoms with Crippen molar-refractivity contribution in [2.45, 2.75) is 43.9 Å². The van der Waals surface area contributed by atoms with Crippen molar-refractivity contribution in [2.75, 3.05) is 6.26 Å². The molecule has 1 fully saturated rings. The Bertz CT molecular complexity index is 911. The molecule has 126 valence electrons. The molecule has 0 radical (unpaired) electrons. The number of hydrogen-bond donors (Lipinski definition) is 0. The first kappa shape index (κ1) is 16.1. The van der Waals surface area contributed by atoms with E-state index in [1.807, 2.05) is 23.5 Å². The first-order chi connectivity index (χ1) is 11.4. The van der Waals surface area contributed by atoms with Crippen molar-refractivity contribution in [1.82, 2.24) is 0 Å². The van der Waals surface area contributed by atoms with E-state index < -0.39 is 9.84 Å². The maximum absolute atomic E-state index is 11.7. The van der Waals surface area contributed by atoms with Crippen molar-refractivity contribution in [3.05, 3.63) is 51.7 Å². The molecule has 0 bridgehead atoms. The number of benzene rings is 1. The lowest BCUT2D eigenvalue weighted by Crippen LogP contribution is -2.26. The van der Waals surface area contributed by atoms with Crippen molar-refractivity contribution >= 4 is 32.3 Å². The highest BCUT2D eigenvalue weighted by molar-refractivity contribution is 7.90. The molecule has 1 saturated carbocycles. The van der Waals surface area contributed by atoms with Gasteiger partial charge >= 0.3 is 0 Å². The van der Waals surface area contributed by atoms with Crippen LogP contribution >= 0.6 is 11.3 Å². The third-order valence-corrected chi connectivity index (χ3v) is 7.78. The second kappa shape index (κ2) is 5.57. The van der Waals surface area contributed by atoms with Crippen LogP contribution in [0.15, 0.2) is 40.6 Å². The van der Waals surface area contributed by atoms with Gasteiger partial charge in [0.15, 0.2) is 9.84 Å². The zero-order valence-electron chi connectivity index (χ0n) is 14.1. The van der Waals surface area contributed by atoms with Gasteiger partial charge in [0.25, 0.3) is 0 Å². The van der Waals surface area contributed by atoms with Crippen LogP contribution in [0.5, 0.6) is 0 Å². The van der Waals surface area contributed by atoms with E-state index in [2.05, 4.69) is 18.4 Å². The van der Waals surface area contributed by atoms with E-state index in [1.54, 1.807) is 12.1 Å². The van der Waals surface area contributed by atoms with Crippen LogP contribution in [0.3, 0.4) is 0 Å². The normalized spacial score (nSPS) is 19.8. The van der Waals surface area contributed by atoms with E-state index >= 15 is 0 Å². The van der Waals surface area contributed by atoms with E-state index in [0.717, 1.165) is 6.42 Å². The van der Waals surface area contributed by atoms with Gasteiger partial charge in [-0.15, -0.1) is 11.3 Å². The average Bonchev–Trinajstić information content (AvgIpc) is 3.10. The van der Waals surface area contributed by atoms with Gasteiger partial charge in [0.1, 0.15) is 0 Å². The van der Waals surface area contributed by atoms with Gasteiger partial charge < -0.3 is 0 Å². The van der Waals surface area contributed by atoms with E-state index in [4.69, 9.17) is 0 Å². The molecule has 0 N–H and O–H groups in total. The minimum Gasteiger partial charge on any atom is -0.224 e. The Kier molecular flexibility index (Phi) is 3.73. The quantitative estimate of drug-likeness (QED) is 0.742. The van der Waals surface area contributed by atoms with Crippen LogP contribution in [-0.2, 0) is 9.84 Å². The minimum atomic E-state index is -3.14. The van der Waals surface area contributed by atoms with Crippen LogP contribution in [0, 0.1) is 12.3 Å². The van der Waals surface area contributed by atoms with Gasteiger partial charge in [0.05, 0.1) is 4.90 Å². The summed E-state index contributed by atoms with van der Waals surface area (Å²) in [7, 11) is -3.14. The molecule has 1 aromatic heterocycles. The molecule has 4 heteroatoms. The Hall–Kier alpha value is -1.39. The molecule has 0 unspecified atom stereocenters. The number of aryl methyl sites for hydroxylation is 1. The van der Waals surface area contributed by atoms with Gasteiger partial charge in [-0.1, -0.05) is 18.6 Å². The van der Waals surface area contributed by atoms with Crippen LogP contribution in [0.25, 0.3) is 11.1 Å². The molecule has 0 amide bonds. The largest absolute Gasteiger partial charge is 0.224 e. The van der Waals surface area contributed by atoms with Gasteiger partial charge in [0, 0.05) is 11.1 Å². The van der Waals surface area contributed by atoms with Gasteiger partial charge in [0.2, 0.25) is 0 Å². The van der Waals surface area contributed by atoms with Gasteiger partial charge in [-0.3, -0.25) is 0 Å². The summed E-state index contributed by atoms with van der Waals surface area (Å²) in [5, 5.41) is 2.22.